The second-order valence-electron chi connectivity index (χ2n) is 5.04. The number of nitrogens with one attached hydrogen (secondary N) is 1. The zero-order valence-electron chi connectivity index (χ0n) is 9.32. The van der Waals surface area contributed by atoms with Crippen molar-refractivity contribution in [1.82, 2.24) is 15.1 Å². The molecule has 0 spiro atoms. The van der Waals surface area contributed by atoms with Crippen LogP contribution in [-0.4, -0.2) is 59.9 Å². The van der Waals surface area contributed by atoms with Crippen molar-refractivity contribution in [3.63, 3.8) is 0 Å². The zero-order chi connectivity index (χ0) is 11.1. The van der Waals surface area contributed by atoms with E-state index < -0.39 is 0 Å². The van der Waals surface area contributed by atoms with Gasteiger partial charge >= 0.3 is 0 Å². The van der Waals surface area contributed by atoms with Crippen LogP contribution in [0.2, 0.25) is 0 Å². The highest BCUT2D eigenvalue weighted by Crippen LogP contribution is 2.31. The van der Waals surface area contributed by atoms with Gasteiger partial charge in [-0.25, -0.2) is 0 Å². The minimum atomic E-state index is -0.152. The first-order chi connectivity index (χ1) is 7.72. The summed E-state index contributed by atoms with van der Waals surface area (Å²) in [5.74, 6) is -0.303. The first-order valence-electron chi connectivity index (χ1n) is 6.03. The first kappa shape index (κ1) is 10.2. The van der Waals surface area contributed by atoms with Gasteiger partial charge in [-0.15, -0.1) is 0 Å². The van der Waals surface area contributed by atoms with Crippen LogP contribution in [0.25, 0.3) is 0 Å². The van der Waals surface area contributed by atoms with Gasteiger partial charge in [-0.3, -0.25) is 24.7 Å². The highest BCUT2D eigenvalue weighted by atomic mass is 16.2. The summed E-state index contributed by atoms with van der Waals surface area (Å²) < 4.78 is 0. The van der Waals surface area contributed by atoms with Crippen LogP contribution in [0.5, 0.6) is 0 Å². The standard InChI is InChI=1S/C11H17N3O2/c15-10-6-14(7-11(16)12-10)9-3-4-13(5-9)8-1-2-8/h8-9H,1-7H2,(H,12,15,16). The third kappa shape index (κ3) is 1.97. The molecule has 2 heterocycles. The summed E-state index contributed by atoms with van der Waals surface area (Å²) >= 11 is 0. The maximum atomic E-state index is 11.3. The summed E-state index contributed by atoms with van der Waals surface area (Å²) in [6, 6.07) is 1.19. The van der Waals surface area contributed by atoms with Crippen molar-refractivity contribution >= 4 is 11.8 Å². The highest BCUT2D eigenvalue weighted by molar-refractivity contribution is 5.99. The Morgan fingerprint density at radius 1 is 0.938 bits per heavy atom. The molecule has 0 aromatic heterocycles. The van der Waals surface area contributed by atoms with Crippen molar-refractivity contribution in [1.29, 1.82) is 0 Å². The number of nitrogens with zero attached hydrogens (tertiary/aromatic N) is 2. The number of hydrogen-bond donors (Lipinski definition) is 1. The Morgan fingerprint density at radius 3 is 2.25 bits per heavy atom. The van der Waals surface area contributed by atoms with E-state index in [1.165, 1.54) is 12.8 Å². The lowest BCUT2D eigenvalue weighted by Crippen LogP contribution is -2.55. The van der Waals surface area contributed by atoms with Crippen molar-refractivity contribution < 1.29 is 9.59 Å². The van der Waals surface area contributed by atoms with Gasteiger partial charge in [0.25, 0.3) is 0 Å². The van der Waals surface area contributed by atoms with Gasteiger partial charge in [-0.05, 0) is 19.3 Å². The summed E-state index contributed by atoms with van der Waals surface area (Å²) in [7, 11) is 0. The number of amides is 2. The van der Waals surface area contributed by atoms with Crippen molar-refractivity contribution in [3.8, 4) is 0 Å². The minimum absolute atomic E-state index is 0.152. The molecule has 0 aromatic carbocycles. The molecule has 1 aliphatic carbocycles. The van der Waals surface area contributed by atoms with E-state index in [0.29, 0.717) is 19.1 Å². The number of piperazine rings is 1. The molecule has 16 heavy (non-hydrogen) atoms. The van der Waals surface area contributed by atoms with Crippen LogP contribution < -0.4 is 5.32 Å². The maximum Gasteiger partial charge on any atom is 0.240 e. The number of carbonyl (C=O) groups is 2. The minimum Gasteiger partial charge on any atom is -0.299 e. The lowest BCUT2D eigenvalue weighted by molar-refractivity contribution is -0.136. The SMILES string of the molecule is O=C1CN(C2CCN(C3CC3)C2)CC(=O)N1. The second-order valence-corrected chi connectivity index (χ2v) is 5.04. The molecule has 5 heteroatoms. The van der Waals surface area contributed by atoms with Gasteiger partial charge in [0.2, 0.25) is 11.8 Å². The number of imide groups is 1. The van der Waals surface area contributed by atoms with E-state index in [-0.39, 0.29) is 11.8 Å². The lowest BCUT2D eigenvalue weighted by Gasteiger charge is -2.30. The largest absolute Gasteiger partial charge is 0.299 e. The average Bonchev–Trinajstić information content (AvgIpc) is 2.95. The predicted octanol–water partition coefficient (Wildman–Crippen LogP) is -0.818. The van der Waals surface area contributed by atoms with Crippen LogP contribution in [0, 0.1) is 0 Å². The Bertz CT molecular complexity index is 311. The Morgan fingerprint density at radius 2 is 1.62 bits per heavy atom. The summed E-state index contributed by atoms with van der Waals surface area (Å²) in [5.41, 5.74) is 0. The number of likely N-dealkylation sites (tertiary alicyclic amines) is 1. The Hall–Kier alpha value is -0.940. The molecule has 0 aromatic rings. The molecule has 1 saturated carbocycles. The molecule has 1 atom stereocenters. The normalized spacial score (nSPS) is 33.1. The molecule has 5 nitrogen and oxygen atoms in total. The van der Waals surface area contributed by atoms with E-state index >= 15 is 0 Å². The smallest absolute Gasteiger partial charge is 0.240 e. The Balaban J connectivity index is 1.60. The van der Waals surface area contributed by atoms with Gasteiger partial charge < -0.3 is 0 Å². The molecule has 0 radical (unpaired) electrons. The maximum absolute atomic E-state index is 11.3. The Labute approximate surface area is 94.8 Å². The summed E-state index contributed by atoms with van der Waals surface area (Å²) in [6.45, 7) is 2.93. The third-order valence-corrected chi connectivity index (χ3v) is 3.75. The Kier molecular flexibility index (Phi) is 2.44. The van der Waals surface area contributed by atoms with Crippen LogP contribution >= 0.6 is 0 Å². The van der Waals surface area contributed by atoms with Crippen LogP contribution in [0.15, 0.2) is 0 Å². The molecule has 3 fully saturated rings. The molecule has 1 N–H and O–H groups in total. The van der Waals surface area contributed by atoms with Gasteiger partial charge in [0.15, 0.2) is 0 Å². The van der Waals surface area contributed by atoms with Crippen molar-refractivity contribution in [2.24, 2.45) is 0 Å². The molecule has 2 aliphatic heterocycles. The molecule has 3 rings (SSSR count). The number of hydrogen-bond acceptors (Lipinski definition) is 4. The van der Waals surface area contributed by atoms with E-state index in [1.807, 2.05) is 4.90 Å². The van der Waals surface area contributed by atoms with E-state index in [9.17, 15) is 9.59 Å². The highest BCUT2D eigenvalue weighted by Gasteiger charge is 2.38. The number of carbonyl (C=O) groups excluding carboxylic acids is 2. The van der Waals surface area contributed by atoms with Gasteiger partial charge in [-0.2, -0.15) is 0 Å². The monoisotopic (exact) mass is 223 g/mol. The third-order valence-electron chi connectivity index (χ3n) is 3.75. The fourth-order valence-corrected chi connectivity index (χ4v) is 2.76. The van der Waals surface area contributed by atoms with E-state index in [2.05, 4.69) is 10.2 Å². The van der Waals surface area contributed by atoms with Crippen LogP contribution in [0.4, 0.5) is 0 Å². The van der Waals surface area contributed by atoms with Crippen molar-refractivity contribution in [2.45, 2.75) is 31.3 Å². The van der Waals surface area contributed by atoms with Crippen molar-refractivity contribution in [3.05, 3.63) is 0 Å². The molecule has 88 valence electrons. The number of rotatable bonds is 2. The fraction of sp³-hybridized carbons (Fsp3) is 0.818. The van der Waals surface area contributed by atoms with E-state index in [1.54, 1.807) is 0 Å². The van der Waals surface area contributed by atoms with Gasteiger partial charge in [0.05, 0.1) is 13.1 Å². The zero-order valence-corrected chi connectivity index (χ0v) is 9.32. The summed E-state index contributed by atoms with van der Waals surface area (Å²) in [5, 5.41) is 2.35. The van der Waals surface area contributed by atoms with Crippen molar-refractivity contribution in [2.75, 3.05) is 26.2 Å². The topological polar surface area (TPSA) is 52.7 Å². The molecule has 0 bridgehead atoms. The van der Waals surface area contributed by atoms with Gasteiger partial charge in [0, 0.05) is 25.2 Å². The predicted molar refractivity (Wildman–Crippen MR) is 57.7 cm³/mol. The van der Waals surface area contributed by atoms with Gasteiger partial charge in [0.1, 0.15) is 0 Å². The summed E-state index contributed by atoms with van der Waals surface area (Å²) in [4.78, 5) is 27.1. The lowest BCUT2D eigenvalue weighted by atomic mass is 10.2. The first-order valence-corrected chi connectivity index (χ1v) is 6.03. The second kappa shape index (κ2) is 3.82. The van der Waals surface area contributed by atoms with Gasteiger partial charge in [-0.1, -0.05) is 0 Å². The fourth-order valence-electron chi connectivity index (χ4n) is 2.76. The molecule has 1 unspecified atom stereocenters. The van der Waals surface area contributed by atoms with Crippen LogP contribution in [-0.2, 0) is 9.59 Å². The van der Waals surface area contributed by atoms with E-state index in [4.69, 9.17) is 0 Å². The molecular weight excluding hydrogens is 206 g/mol. The average molecular weight is 223 g/mol. The van der Waals surface area contributed by atoms with Crippen LogP contribution in [0.3, 0.4) is 0 Å². The molecule has 2 saturated heterocycles. The van der Waals surface area contributed by atoms with Crippen LogP contribution in [0.1, 0.15) is 19.3 Å². The summed E-state index contributed by atoms with van der Waals surface area (Å²) in [6.07, 6.45) is 3.75. The quantitative estimate of drug-likeness (QED) is 0.622. The molecular formula is C11H17N3O2. The molecule has 3 aliphatic rings. The van der Waals surface area contributed by atoms with E-state index in [0.717, 1.165) is 25.6 Å². The molecule has 2 amide bonds.